The average Bonchev–Trinajstić information content (AvgIpc) is 3.35. The third-order valence-electron chi connectivity index (χ3n) is 6.59. The van der Waals surface area contributed by atoms with Crippen molar-refractivity contribution < 1.29 is 19.1 Å². The number of rotatable bonds is 8. The van der Waals surface area contributed by atoms with Crippen LogP contribution in [0.5, 0.6) is 5.75 Å². The Labute approximate surface area is 228 Å². The van der Waals surface area contributed by atoms with Crippen LogP contribution >= 0.6 is 22.9 Å². The lowest BCUT2D eigenvalue weighted by molar-refractivity contribution is 0.0601. The molecule has 0 saturated carbocycles. The molecule has 0 amide bonds. The van der Waals surface area contributed by atoms with E-state index in [0.29, 0.717) is 18.6 Å². The quantitative estimate of drug-likeness (QED) is 0.196. The molecule has 1 heterocycles. The van der Waals surface area contributed by atoms with E-state index in [4.69, 9.17) is 20.8 Å². The minimum absolute atomic E-state index is 0.0187. The summed E-state index contributed by atoms with van der Waals surface area (Å²) < 4.78 is 11.9. The molecule has 1 N–H and O–H groups in total. The topological polar surface area (TPSA) is 55.8 Å². The number of benzene rings is 3. The Bertz CT molecular complexity index is 1320. The van der Waals surface area contributed by atoms with Crippen LogP contribution in [0, 0.1) is 0 Å². The van der Waals surface area contributed by atoms with Crippen LogP contribution < -0.4 is 10.4 Å². The summed E-state index contributed by atoms with van der Waals surface area (Å²) in [6.45, 7) is 7.29. The zero-order valence-electron chi connectivity index (χ0n) is 21.5. The Morgan fingerprint density at radius 1 is 0.946 bits per heavy atom. The van der Waals surface area contributed by atoms with Gasteiger partial charge >= 0.3 is 5.97 Å². The summed E-state index contributed by atoms with van der Waals surface area (Å²) in [5.41, 5.74) is 1.62. The first-order valence-electron chi connectivity index (χ1n) is 12.1. The minimum atomic E-state index is -2.65. The summed E-state index contributed by atoms with van der Waals surface area (Å²) in [7, 11) is -1.34. The van der Waals surface area contributed by atoms with Crippen molar-refractivity contribution in [3.05, 3.63) is 99.7 Å². The summed E-state index contributed by atoms with van der Waals surface area (Å²) >= 11 is 7.80. The molecule has 37 heavy (non-hydrogen) atoms. The van der Waals surface area contributed by atoms with Gasteiger partial charge in [-0.2, -0.15) is 0 Å². The van der Waals surface area contributed by atoms with Gasteiger partial charge in [-0.05, 0) is 38.5 Å². The molecule has 4 nitrogen and oxygen atoms in total. The van der Waals surface area contributed by atoms with Gasteiger partial charge in [0.2, 0.25) is 0 Å². The number of halogens is 1. The first kappa shape index (κ1) is 27.1. The highest BCUT2D eigenvalue weighted by Gasteiger charge is 2.50. The van der Waals surface area contributed by atoms with E-state index in [1.54, 1.807) is 17.4 Å². The highest BCUT2D eigenvalue weighted by atomic mass is 35.5. The number of ether oxygens (including phenoxy) is 1. The van der Waals surface area contributed by atoms with Crippen LogP contribution in [0.4, 0.5) is 0 Å². The monoisotopic (exact) mass is 550 g/mol. The van der Waals surface area contributed by atoms with Crippen molar-refractivity contribution in [2.75, 3.05) is 13.7 Å². The number of esters is 1. The van der Waals surface area contributed by atoms with E-state index in [-0.39, 0.29) is 21.4 Å². The number of thiophene rings is 1. The maximum Gasteiger partial charge on any atom is 0.339 e. The van der Waals surface area contributed by atoms with E-state index in [9.17, 15) is 9.90 Å². The summed E-state index contributed by atoms with van der Waals surface area (Å²) in [4.78, 5) is 13.3. The number of phenolic OH excluding ortho intramolecular Hbond substituents is 1. The predicted octanol–water partition coefficient (Wildman–Crippen LogP) is 6.68. The summed E-state index contributed by atoms with van der Waals surface area (Å²) in [5, 5.41) is 15.2. The van der Waals surface area contributed by atoms with Gasteiger partial charge in [0.25, 0.3) is 8.32 Å². The largest absolute Gasteiger partial charge is 0.507 e. The van der Waals surface area contributed by atoms with Gasteiger partial charge in [0.15, 0.2) is 0 Å². The number of carbonyl (C=O) groups excluding carboxylic acids is 1. The molecule has 0 bridgehead atoms. The van der Waals surface area contributed by atoms with E-state index in [1.165, 1.54) is 23.5 Å². The van der Waals surface area contributed by atoms with E-state index in [2.05, 4.69) is 69.3 Å². The second kappa shape index (κ2) is 11.2. The second-order valence-electron chi connectivity index (χ2n) is 9.86. The molecule has 1 aromatic heterocycles. The number of carbonyl (C=O) groups is 1. The van der Waals surface area contributed by atoms with Crippen molar-refractivity contribution in [1.29, 1.82) is 0 Å². The molecule has 4 rings (SSSR count). The van der Waals surface area contributed by atoms with Crippen molar-refractivity contribution in [2.24, 2.45) is 0 Å². The molecule has 0 saturated heterocycles. The van der Waals surface area contributed by atoms with Crippen LogP contribution in [0.25, 0.3) is 11.1 Å². The Morgan fingerprint density at radius 2 is 1.54 bits per heavy atom. The molecule has 0 aliphatic carbocycles. The fourth-order valence-corrected chi connectivity index (χ4v) is 10.6. The minimum Gasteiger partial charge on any atom is -0.507 e. The molecule has 0 aliphatic heterocycles. The number of hydrogen-bond acceptors (Lipinski definition) is 5. The Morgan fingerprint density at radius 3 is 2.08 bits per heavy atom. The Kier molecular flexibility index (Phi) is 8.24. The van der Waals surface area contributed by atoms with Crippen LogP contribution in [0.15, 0.2) is 84.2 Å². The smallest absolute Gasteiger partial charge is 0.339 e. The van der Waals surface area contributed by atoms with E-state index < -0.39 is 14.3 Å². The van der Waals surface area contributed by atoms with Gasteiger partial charge in [0.1, 0.15) is 5.75 Å². The fraction of sp³-hybridized carbons (Fsp3) is 0.233. The standard InChI is InChI=1S/C30H31ClO4SSi/c1-30(2,3)37(21-11-7-5-8-12-21,22-13-9-6-10-14-22)35-17-15-28-23(16-18-36-28)24-19-25(29(33)34-4)26(31)20-27(24)32/h5-14,16,18-20,32H,15,17H2,1-4H3. The van der Waals surface area contributed by atoms with E-state index in [1.807, 2.05) is 23.6 Å². The maximum atomic E-state index is 12.2. The predicted molar refractivity (Wildman–Crippen MR) is 155 cm³/mol. The molecule has 0 unspecified atom stereocenters. The van der Waals surface area contributed by atoms with Gasteiger partial charge in [0, 0.05) is 29.5 Å². The van der Waals surface area contributed by atoms with Crippen molar-refractivity contribution in [1.82, 2.24) is 0 Å². The third-order valence-corrected chi connectivity index (χ3v) is 12.9. The molecule has 7 heteroatoms. The van der Waals surface area contributed by atoms with Crippen LogP contribution in [-0.2, 0) is 15.6 Å². The molecule has 0 aliphatic rings. The summed E-state index contributed by atoms with van der Waals surface area (Å²) in [5.74, 6) is -0.525. The zero-order valence-corrected chi connectivity index (χ0v) is 24.0. The van der Waals surface area contributed by atoms with Gasteiger partial charge in [0.05, 0.1) is 17.7 Å². The van der Waals surface area contributed by atoms with Gasteiger partial charge in [-0.1, -0.05) is 93.0 Å². The lowest BCUT2D eigenvalue weighted by Crippen LogP contribution is -2.66. The molecular weight excluding hydrogens is 520 g/mol. The molecule has 4 aromatic rings. The molecular formula is C30H31ClO4SSi. The molecule has 0 atom stereocenters. The van der Waals surface area contributed by atoms with E-state index >= 15 is 0 Å². The zero-order chi connectivity index (χ0) is 26.6. The SMILES string of the molecule is COC(=O)c1cc(-c2ccsc2CCO[Si](c2ccccc2)(c2ccccc2)C(C)(C)C)c(O)cc1Cl. The summed E-state index contributed by atoms with van der Waals surface area (Å²) in [6, 6.07) is 26.1. The number of phenols is 1. The Hall–Kier alpha value is -2.90. The lowest BCUT2D eigenvalue weighted by atomic mass is 10.0. The molecule has 0 fully saturated rings. The van der Waals surface area contributed by atoms with Gasteiger partial charge in [-0.3, -0.25) is 0 Å². The fourth-order valence-electron chi connectivity index (χ4n) is 4.88. The number of hydrogen-bond donors (Lipinski definition) is 1. The maximum absolute atomic E-state index is 12.2. The van der Waals surface area contributed by atoms with Crippen molar-refractivity contribution in [3.63, 3.8) is 0 Å². The average molecular weight is 551 g/mol. The first-order valence-corrected chi connectivity index (χ1v) is 15.3. The Balaban J connectivity index is 1.68. The summed E-state index contributed by atoms with van der Waals surface area (Å²) in [6.07, 6.45) is 0.660. The number of methoxy groups -OCH3 is 1. The normalized spacial score (nSPS) is 11.9. The molecule has 0 spiro atoms. The van der Waals surface area contributed by atoms with Crippen LogP contribution in [0.1, 0.15) is 36.0 Å². The number of aromatic hydroxyl groups is 1. The van der Waals surface area contributed by atoms with Crippen molar-refractivity contribution in [2.45, 2.75) is 32.2 Å². The van der Waals surface area contributed by atoms with Gasteiger partial charge in [-0.15, -0.1) is 11.3 Å². The first-order chi connectivity index (χ1) is 17.7. The highest BCUT2D eigenvalue weighted by molar-refractivity contribution is 7.10. The third kappa shape index (κ3) is 5.38. The molecule has 192 valence electrons. The molecule has 3 aromatic carbocycles. The van der Waals surface area contributed by atoms with Gasteiger partial charge in [-0.25, -0.2) is 4.79 Å². The molecule has 0 radical (unpaired) electrons. The van der Waals surface area contributed by atoms with Gasteiger partial charge < -0.3 is 14.3 Å². The van der Waals surface area contributed by atoms with Crippen molar-refractivity contribution >= 4 is 47.6 Å². The van der Waals surface area contributed by atoms with Crippen LogP contribution in [0.3, 0.4) is 0 Å². The second-order valence-corrected chi connectivity index (χ2v) is 15.6. The van der Waals surface area contributed by atoms with Crippen molar-refractivity contribution in [3.8, 4) is 16.9 Å². The van der Waals surface area contributed by atoms with Crippen LogP contribution in [0.2, 0.25) is 10.1 Å². The van der Waals surface area contributed by atoms with E-state index in [0.717, 1.165) is 10.4 Å². The lowest BCUT2D eigenvalue weighted by Gasteiger charge is -2.43. The highest BCUT2D eigenvalue weighted by Crippen LogP contribution is 2.40. The van der Waals surface area contributed by atoms with Crippen LogP contribution in [-0.4, -0.2) is 33.1 Å².